The Morgan fingerprint density at radius 3 is 2.78 bits per heavy atom. The van der Waals surface area contributed by atoms with E-state index in [0.717, 1.165) is 13.1 Å². The summed E-state index contributed by atoms with van der Waals surface area (Å²) in [6, 6.07) is 4.30. The number of hydrogen-bond donors (Lipinski definition) is 1. The summed E-state index contributed by atoms with van der Waals surface area (Å²) < 4.78 is 13.3. The first kappa shape index (κ1) is 13.8. The maximum Gasteiger partial charge on any atom is 0.125 e. The van der Waals surface area contributed by atoms with Crippen LogP contribution in [0.1, 0.15) is 25.8 Å². The van der Waals surface area contributed by atoms with Crippen LogP contribution in [0.2, 0.25) is 5.02 Å². The first-order valence-electron chi connectivity index (χ1n) is 6.30. The first-order chi connectivity index (χ1) is 8.39. The maximum absolute atomic E-state index is 13.3. The molecule has 2 nitrogen and oxygen atoms in total. The van der Waals surface area contributed by atoms with Gasteiger partial charge in [0, 0.05) is 24.7 Å². The second-order valence-electron chi connectivity index (χ2n) is 5.57. The van der Waals surface area contributed by atoms with Gasteiger partial charge in [-0.3, -0.25) is 4.90 Å². The summed E-state index contributed by atoms with van der Waals surface area (Å²) in [5.41, 5.74) is -0.389. The fourth-order valence-corrected chi connectivity index (χ4v) is 2.82. The van der Waals surface area contributed by atoms with Gasteiger partial charge in [0.05, 0.1) is 0 Å². The minimum Gasteiger partial charge on any atom is -0.384 e. The third kappa shape index (κ3) is 3.02. The molecule has 1 saturated heterocycles. The molecule has 0 spiro atoms. The zero-order valence-electron chi connectivity index (χ0n) is 10.8. The molecule has 4 heteroatoms. The topological polar surface area (TPSA) is 23.5 Å². The minimum atomic E-state index is -0.972. The number of rotatable bonds is 3. The van der Waals surface area contributed by atoms with Crippen LogP contribution in [0.5, 0.6) is 0 Å². The molecule has 1 aromatic carbocycles. The Labute approximate surface area is 112 Å². The molecule has 1 N–H and O–H groups in total. The molecule has 100 valence electrons. The van der Waals surface area contributed by atoms with Crippen LogP contribution in [-0.2, 0) is 5.60 Å². The molecule has 0 radical (unpaired) electrons. The van der Waals surface area contributed by atoms with Crippen LogP contribution < -0.4 is 0 Å². The van der Waals surface area contributed by atoms with Gasteiger partial charge in [0.15, 0.2) is 0 Å². The van der Waals surface area contributed by atoms with Crippen molar-refractivity contribution < 1.29 is 9.50 Å². The van der Waals surface area contributed by atoms with Gasteiger partial charge in [-0.2, -0.15) is 0 Å². The summed E-state index contributed by atoms with van der Waals surface area (Å²) in [6.45, 7) is 6.63. The van der Waals surface area contributed by atoms with E-state index in [-0.39, 0.29) is 0 Å². The Bertz CT molecular complexity index is 418. The van der Waals surface area contributed by atoms with Gasteiger partial charge in [0.2, 0.25) is 0 Å². The van der Waals surface area contributed by atoms with Gasteiger partial charge in [0.25, 0.3) is 0 Å². The highest BCUT2D eigenvalue weighted by molar-refractivity contribution is 6.30. The van der Waals surface area contributed by atoms with Crippen LogP contribution in [0.3, 0.4) is 0 Å². The third-order valence-electron chi connectivity index (χ3n) is 3.35. The van der Waals surface area contributed by atoms with Crippen molar-refractivity contribution in [3.63, 3.8) is 0 Å². The summed E-state index contributed by atoms with van der Waals surface area (Å²) in [6.07, 6.45) is 0.625. The van der Waals surface area contributed by atoms with Gasteiger partial charge in [-0.25, -0.2) is 4.39 Å². The van der Waals surface area contributed by atoms with E-state index < -0.39 is 11.4 Å². The summed E-state index contributed by atoms with van der Waals surface area (Å²) in [7, 11) is 0. The summed E-state index contributed by atoms with van der Waals surface area (Å²) >= 11 is 5.85. The average molecular weight is 272 g/mol. The number of nitrogens with zero attached hydrogens (tertiary/aromatic N) is 1. The van der Waals surface area contributed by atoms with E-state index in [0.29, 0.717) is 29.5 Å². The molecular formula is C14H19ClFNO. The Morgan fingerprint density at radius 1 is 1.44 bits per heavy atom. The summed E-state index contributed by atoms with van der Waals surface area (Å²) in [5.74, 6) is 0.164. The van der Waals surface area contributed by atoms with E-state index in [1.807, 2.05) is 0 Å². The number of halogens is 2. The molecule has 1 atom stereocenters. The lowest BCUT2D eigenvalue weighted by molar-refractivity contribution is 0.0446. The normalized spacial score (nSPS) is 25.0. The maximum atomic E-state index is 13.3. The molecule has 0 aromatic heterocycles. The van der Waals surface area contributed by atoms with Gasteiger partial charge in [-0.05, 0) is 36.1 Å². The predicted molar refractivity (Wildman–Crippen MR) is 71.2 cm³/mol. The number of hydrogen-bond acceptors (Lipinski definition) is 2. The van der Waals surface area contributed by atoms with Crippen LogP contribution in [0, 0.1) is 11.7 Å². The lowest BCUT2D eigenvalue weighted by Gasteiger charge is -2.25. The molecule has 0 saturated carbocycles. The Hall–Kier alpha value is -0.640. The molecule has 1 fully saturated rings. The van der Waals surface area contributed by atoms with Crippen molar-refractivity contribution in [3.05, 3.63) is 34.6 Å². The predicted octanol–water partition coefficient (Wildman–Crippen LogP) is 3.03. The summed E-state index contributed by atoms with van der Waals surface area (Å²) in [4.78, 5) is 2.21. The van der Waals surface area contributed by atoms with Crippen LogP contribution >= 0.6 is 11.6 Å². The van der Waals surface area contributed by atoms with E-state index >= 15 is 0 Å². The van der Waals surface area contributed by atoms with Crippen molar-refractivity contribution >= 4 is 11.6 Å². The Balaban J connectivity index is 2.17. The summed E-state index contributed by atoms with van der Waals surface area (Å²) in [5, 5.41) is 11.0. The van der Waals surface area contributed by atoms with Gasteiger partial charge >= 0.3 is 0 Å². The monoisotopic (exact) mass is 271 g/mol. The third-order valence-corrected chi connectivity index (χ3v) is 3.57. The number of likely N-dealkylation sites (tertiary alicyclic amines) is 1. The molecule has 1 heterocycles. The SMILES string of the molecule is CC(C)CN1CCC(O)(c2cc(F)cc(Cl)c2)C1. The molecule has 0 bridgehead atoms. The van der Waals surface area contributed by atoms with Crippen molar-refractivity contribution in [1.82, 2.24) is 4.90 Å². The van der Waals surface area contributed by atoms with Gasteiger partial charge in [0.1, 0.15) is 11.4 Å². The Kier molecular flexibility index (Phi) is 3.95. The second kappa shape index (κ2) is 5.16. The van der Waals surface area contributed by atoms with Crippen molar-refractivity contribution in [1.29, 1.82) is 0 Å². The lowest BCUT2D eigenvalue weighted by Crippen LogP contribution is -2.32. The molecule has 0 aliphatic carbocycles. The van der Waals surface area contributed by atoms with Crippen LogP contribution in [0.4, 0.5) is 4.39 Å². The molecule has 1 aliphatic heterocycles. The second-order valence-corrected chi connectivity index (χ2v) is 6.01. The van der Waals surface area contributed by atoms with E-state index in [1.165, 1.54) is 12.1 Å². The van der Waals surface area contributed by atoms with E-state index in [1.54, 1.807) is 6.07 Å². The standard InChI is InChI=1S/C14H19ClFNO/c1-10(2)8-17-4-3-14(18,9-17)11-5-12(15)7-13(16)6-11/h5-7,10,18H,3-4,8-9H2,1-2H3. The van der Waals surface area contributed by atoms with Crippen molar-refractivity contribution in [3.8, 4) is 0 Å². The molecule has 1 aromatic rings. The average Bonchev–Trinajstić information content (AvgIpc) is 2.59. The minimum absolute atomic E-state index is 0.334. The quantitative estimate of drug-likeness (QED) is 0.913. The zero-order valence-corrected chi connectivity index (χ0v) is 11.5. The molecule has 18 heavy (non-hydrogen) atoms. The van der Waals surface area contributed by atoms with Crippen LogP contribution in [0.25, 0.3) is 0 Å². The van der Waals surface area contributed by atoms with Gasteiger partial charge < -0.3 is 5.11 Å². The number of aliphatic hydroxyl groups is 1. The van der Waals surface area contributed by atoms with Crippen molar-refractivity contribution in [2.75, 3.05) is 19.6 Å². The lowest BCUT2D eigenvalue weighted by atomic mass is 9.93. The van der Waals surface area contributed by atoms with Gasteiger partial charge in [-0.1, -0.05) is 25.4 Å². The largest absolute Gasteiger partial charge is 0.384 e. The van der Waals surface area contributed by atoms with Crippen molar-refractivity contribution in [2.45, 2.75) is 25.9 Å². The molecule has 2 rings (SSSR count). The fraction of sp³-hybridized carbons (Fsp3) is 0.571. The molecule has 0 amide bonds. The number of benzene rings is 1. The number of β-amino-alcohol motifs (C(OH)–C–C–N with tert-alkyl or cyclic N) is 1. The van der Waals surface area contributed by atoms with E-state index in [4.69, 9.17) is 11.6 Å². The zero-order chi connectivity index (χ0) is 13.3. The molecule has 1 aliphatic rings. The highest BCUT2D eigenvalue weighted by Gasteiger charge is 2.38. The highest BCUT2D eigenvalue weighted by atomic mass is 35.5. The van der Waals surface area contributed by atoms with Crippen LogP contribution in [0.15, 0.2) is 18.2 Å². The van der Waals surface area contributed by atoms with Gasteiger partial charge in [-0.15, -0.1) is 0 Å². The van der Waals surface area contributed by atoms with Crippen LogP contribution in [-0.4, -0.2) is 29.6 Å². The smallest absolute Gasteiger partial charge is 0.125 e. The fourth-order valence-electron chi connectivity index (χ4n) is 2.60. The Morgan fingerprint density at radius 2 is 2.17 bits per heavy atom. The first-order valence-corrected chi connectivity index (χ1v) is 6.68. The van der Waals surface area contributed by atoms with Crippen molar-refractivity contribution in [2.24, 2.45) is 5.92 Å². The molecular weight excluding hydrogens is 253 g/mol. The highest BCUT2D eigenvalue weighted by Crippen LogP contribution is 2.33. The van der Waals surface area contributed by atoms with E-state index in [2.05, 4.69) is 18.7 Å². The van der Waals surface area contributed by atoms with E-state index in [9.17, 15) is 9.50 Å². The molecule has 1 unspecified atom stereocenters.